The van der Waals surface area contributed by atoms with E-state index in [2.05, 4.69) is 4.99 Å². The topological polar surface area (TPSA) is 21.6 Å². The van der Waals surface area contributed by atoms with Crippen LogP contribution < -0.4 is 0 Å². The van der Waals surface area contributed by atoms with Crippen molar-refractivity contribution in [2.75, 3.05) is 6.61 Å². The molecule has 2 rings (SSSR count). The summed E-state index contributed by atoms with van der Waals surface area (Å²) in [5, 5.41) is 0. The van der Waals surface area contributed by atoms with Gasteiger partial charge >= 0.3 is 0 Å². The Labute approximate surface area is 93.0 Å². The Morgan fingerprint density at radius 2 is 2.19 bits per heavy atom. The summed E-state index contributed by atoms with van der Waals surface area (Å²) in [5.41, 5.74) is 0.657. The lowest BCUT2D eigenvalue weighted by Crippen LogP contribution is -2.00. The van der Waals surface area contributed by atoms with E-state index in [1.807, 2.05) is 6.92 Å². The largest absolute Gasteiger partial charge is 0.478 e. The fourth-order valence-electron chi connectivity index (χ4n) is 1.66. The van der Waals surface area contributed by atoms with Crippen molar-refractivity contribution >= 4 is 5.90 Å². The maximum absolute atomic E-state index is 13.0. The van der Waals surface area contributed by atoms with Crippen LogP contribution in [0.2, 0.25) is 0 Å². The van der Waals surface area contributed by atoms with Gasteiger partial charge in [0.1, 0.15) is 12.6 Å². The first-order chi connectivity index (χ1) is 7.70. The monoisotopic (exact) mass is 225 g/mol. The highest BCUT2D eigenvalue weighted by Gasteiger charge is 2.20. The minimum Gasteiger partial charge on any atom is -0.478 e. The number of nitrogens with zero attached hydrogens (tertiary/aromatic N) is 1. The number of rotatable bonds is 3. The molecule has 0 bridgehead atoms. The second-order valence-electron chi connectivity index (χ2n) is 3.77. The predicted molar refractivity (Wildman–Crippen MR) is 57.4 cm³/mol. The van der Waals surface area contributed by atoms with Crippen LogP contribution in [-0.4, -0.2) is 12.5 Å². The van der Waals surface area contributed by atoms with Gasteiger partial charge in [0, 0.05) is 6.42 Å². The SMILES string of the molecule is CCCC1=NC(c2ccc(F)c(F)c2)CO1. The van der Waals surface area contributed by atoms with E-state index in [1.54, 1.807) is 6.07 Å². The van der Waals surface area contributed by atoms with Gasteiger partial charge in [-0.25, -0.2) is 13.8 Å². The van der Waals surface area contributed by atoms with Gasteiger partial charge in [-0.05, 0) is 24.1 Å². The van der Waals surface area contributed by atoms with Crippen LogP contribution in [0.15, 0.2) is 23.2 Å². The Morgan fingerprint density at radius 1 is 1.38 bits per heavy atom. The molecule has 0 aromatic heterocycles. The Kier molecular flexibility index (Phi) is 3.17. The fourth-order valence-corrected chi connectivity index (χ4v) is 1.66. The van der Waals surface area contributed by atoms with Gasteiger partial charge in [0.2, 0.25) is 0 Å². The van der Waals surface area contributed by atoms with E-state index in [0.29, 0.717) is 18.1 Å². The van der Waals surface area contributed by atoms with E-state index in [-0.39, 0.29) is 6.04 Å². The molecule has 0 fully saturated rings. The molecule has 86 valence electrons. The van der Waals surface area contributed by atoms with Crippen molar-refractivity contribution in [3.8, 4) is 0 Å². The molecule has 1 aliphatic rings. The Morgan fingerprint density at radius 3 is 2.88 bits per heavy atom. The van der Waals surface area contributed by atoms with E-state index >= 15 is 0 Å². The van der Waals surface area contributed by atoms with E-state index in [0.717, 1.165) is 18.9 Å². The van der Waals surface area contributed by atoms with Gasteiger partial charge in [-0.2, -0.15) is 0 Å². The van der Waals surface area contributed by atoms with Crippen LogP contribution in [-0.2, 0) is 4.74 Å². The van der Waals surface area contributed by atoms with Crippen LogP contribution in [0.5, 0.6) is 0 Å². The molecule has 1 aliphatic heterocycles. The van der Waals surface area contributed by atoms with E-state index < -0.39 is 11.6 Å². The summed E-state index contributed by atoms with van der Waals surface area (Å²) in [4.78, 5) is 4.32. The Balaban J connectivity index is 2.16. The zero-order valence-corrected chi connectivity index (χ0v) is 9.04. The summed E-state index contributed by atoms with van der Waals surface area (Å²) in [7, 11) is 0. The van der Waals surface area contributed by atoms with E-state index in [4.69, 9.17) is 4.74 Å². The minimum atomic E-state index is -0.836. The summed E-state index contributed by atoms with van der Waals surface area (Å²) in [6.45, 7) is 2.46. The maximum atomic E-state index is 13.0. The molecule has 16 heavy (non-hydrogen) atoms. The van der Waals surface area contributed by atoms with Crippen molar-refractivity contribution in [3.05, 3.63) is 35.4 Å². The highest BCUT2D eigenvalue weighted by molar-refractivity contribution is 5.77. The third-order valence-corrected chi connectivity index (χ3v) is 2.50. The van der Waals surface area contributed by atoms with Gasteiger partial charge in [-0.3, -0.25) is 0 Å². The average Bonchev–Trinajstić information content (AvgIpc) is 2.71. The van der Waals surface area contributed by atoms with Crippen molar-refractivity contribution < 1.29 is 13.5 Å². The van der Waals surface area contributed by atoms with Crippen molar-refractivity contribution in [2.24, 2.45) is 4.99 Å². The van der Waals surface area contributed by atoms with E-state index in [1.165, 1.54) is 6.07 Å². The molecule has 0 radical (unpaired) electrons. The van der Waals surface area contributed by atoms with Crippen molar-refractivity contribution in [3.63, 3.8) is 0 Å². The maximum Gasteiger partial charge on any atom is 0.183 e. The van der Waals surface area contributed by atoms with Crippen molar-refractivity contribution in [1.29, 1.82) is 0 Å². The number of hydrogen-bond donors (Lipinski definition) is 0. The summed E-state index contributed by atoms with van der Waals surface area (Å²) in [6, 6.07) is 3.65. The number of ether oxygens (including phenoxy) is 1. The molecule has 0 spiro atoms. The Hall–Kier alpha value is -1.45. The second-order valence-corrected chi connectivity index (χ2v) is 3.77. The lowest BCUT2D eigenvalue weighted by molar-refractivity contribution is 0.311. The Bertz CT molecular complexity index is 417. The van der Waals surface area contributed by atoms with Gasteiger partial charge in [-0.15, -0.1) is 0 Å². The molecular weight excluding hydrogens is 212 g/mol. The molecule has 1 atom stereocenters. The van der Waals surface area contributed by atoms with Crippen LogP contribution >= 0.6 is 0 Å². The number of halogens is 2. The van der Waals surface area contributed by atoms with Crippen molar-refractivity contribution in [2.45, 2.75) is 25.8 Å². The van der Waals surface area contributed by atoms with Gasteiger partial charge in [-0.1, -0.05) is 13.0 Å². The number of hydrogen-bond acceptors (Lipinski definition) is 2. The molecule has 4 heteroatoms. The standard InChI is InChI=1S/C12H13F2NO/c1-2-3-12-15-11(7-16-12)8-4-5-9(13)10(14)6-8/h4-6,11H,2-3,7H2,1H3. The summed E-state index contributed by atoms with van der Waals surface area (Å²) >= 11 is 0. The van der Waals surface area contributed by atoms with Crippen LogP contribution in [0.1, 0.15) is 31.4 Å². The average molecular weight is 225 g/mol. The van der Waals surface area contributed by atoms with Gasteiger partial charge < -0.3 is 4.74 Å². The summed E-state index contributed by atoms with van der Waals surface area (Å²) in [5.74, 6) is -0.964. The van der Waals surface area contributed by atoms with Crippen LogP contribution in [0.25, 0.3) is 0 Å². The molecule has 1 unspecified atom stereocenters. The van der Waals surface area contributed by atoms with Gasteiger partial charge in [0.25, 0.3) is 0 Å². The molecule has 0 saturated carbocycles. The molecule has 1 aromatic carbocycles. The molecule has 0 N–H and O–H groups in total. The first-order valence-electron chi connectivity index (χ1n) is 5.35. The van der Waals surface area contributed by atoms with Crippen LogP contribution in [0.4, 0.5) is 8.78 Å². The van der Waals surface area contributed by atoms with Crippen LogP contribution in [0, 0.1) is 11.6 Å². The lowest BCUT2D eigenvalue weighted by Gasteiger charge is -2.05. The zero-order valence-electron chi connectivity index (χ0n) is 9.04. The predicted octanol–water partition coefficient (Wildman–Crippen LogP) is 3.23. The van der Waals surface area contributed by atoms with E-state index in [9.17, 15) is 8.78 Å². The normalized spacial score (nSPS) is 19.4. The third kappa shape index (κ3) is 2.21. The molecular formula is C12H13F2NO. The highest BCUT2D eigenvalue weighted by Crippen LogP contribution is 2.25. The minimum absolute atomic E-state index is 0.198. The quantitative estimate of drug-likeness (QED) is 0.773. The fraction of sp³-hybridized carbons (Fsp3) is 0.417. The number of benzene rings is 1. The highest BCUT2D eigenvalue weighted by atomic mass is 19.2. The summed E-state index contributed by atoms with van der Waals surface area (Å²) < 4.78 is 31.1. The first-order valence-corrected chi connectivity index (χ1v) is 5.35. The zero-order chi connectivity index (χ0) is 11.5. The van der Waals surface area contributed by atoms with Gasteiger partial charge in [0.05, 0.1) is 0 Å². The number of aliphatic imine (C=N–C) groups is 1. The lowest BCUT2D eigenvalue weighted by atomic mass is 10.1. The molecule has 2 nitrogen and oxygen atoms in total. The molecule has 1 aromatic rings. The second kappa shape index (κ2) is 4.60. The smallest absolute Gasteiger partial charge is 0.183 e. The van der Waals surface area contributed by atoms with Gasteiger partial charge in [0.15, 0.2) is 17.5 Å². The van der Waals surface area contributed by atoms with Crippen molar-refractivity contribution in [1.82, 2.24) is 0 Å². The van der Waals surface area contributed by atoms with Crippen LogP contribution in [0.3, 0.4) is 0 Å². The third-order valence-electron chi connectivity index (χ3n) is 2.50. The molecule has 0 saturated heterocycles. The summed E-state index contributed by atoms with van der Waals surface area (Å²) in [6.07, 6.45) is 1.75. The molecule has 0 aliphatic carbocycles. The molecule has 0 amide bonds. The molecule has 1 heterocycles. The first kappa shape index (κ1) is 11.0.